The molecule has 1 aliphatic heterocycles. The van der Waals surface area contributed by atoms with Gasteiger partial charge in [0.05, 0.1) is 12.5 Å². The van der Waals surface area contributed by atoms with Crippen molar-refractivity contribution in [3.63, 3.8) is 0 Å². The van der Waals surface area contributed by atoms with Gasteiger partial charge in [0.25, 0.3) is 0 Å². The van der Waals surface area contributed by atoms with Crippen LogP contribution < -0.4 is 4.90 Å². The summed E-state index contributed by atoms with van der Waals surface area (Å²) in [6.45, 7) is 1.08. The number of hydrogen-bond acceptors (Lipinski definition) is 2. The first kappa shape index (κ1) is 10.5. The van der Waals surface area contributed by atoms with Gasteiger partial charge in [-0.2, -0.15) is 5.26 Å². The van der Waals surface area contributed by atoms with Crippen molar-refractivity contribution in [2.24, 2.45) is 0 Å². The third-order valence-electron chi connectivity index (χ3n) is 2.86. The molecule has 1 heterocycles. The first-order valence-electron chi connectivity index (χ1n) is 5.20. The van der Waals surface area contributed by atoms with Crippen LogP contribution in [0.25, 0.3) is 0 Å². The van der Waals surface area contributed by atoms with E-state index in [1.807, 2.05) is 0 Å². The van der Waals surface area contributed by atoms with E-state index in [9.17, 15) is 0 Å². The molecule has 3 heteroatoms. The maximum absolute atomic E-state index is 8.75. The van der Waals surface area contributed by atoms with Gasteiger partial charge < -0.3 is 4.90 Å². The molecule has 0 aromatic heterocycles. The summed E-state index contributed by atoms with van der Waals surface area (Å²) in [6.07, 6.45) is 2.97. The van der Waals surface area contributed by atoms with Gasteiger partial charge in [-0.15, -0.1) is 0 Å². The minimum atomic E-state index is 0.413. The fourth-order valence-electron chi connectivity index (χ4n) is 2.13. The monoisotopic (exact) mass is 264 g/mol. The molecule has 15 heavy (non-hydrogen) atoms. The molecular weight excluding hydrogens is 252 g/mol. The lowest BCUT2D eigenvalue weighted by Crippen LogP contribution is -2.28. The number of nitriles is 1. The summed E-state index contributed by atoms with van der Waals surface area (Å²) < 4.78 is 1.10. The van der Waals surface area contributed by atoms with E-state index in [4.69, 9.17) is 5.26 Å². The summed E-state index contributed by atoms with van der Waals surface area (Å²) in [5.74, 6) is 0. The van der Waals surface area contributed by atoms with Crippen molar-refractivity contribution in [1.29, 1.82) is 5.26 Å². The van der Waals surface area contributed by atoms with Gasteiger partial charge in [0.15, 0.2) is 0 Å². The molecule has 1 aliphatic rings. The van der Waals surface area contributed by atoms with Crippen molar-refractivity contribution < 1.29 is 0 Å². The lowest BCUT2D eigenvalue weighted by atomic mass is 10.1. The number of anilines is 1. The highest BCUT2D eigenvalue weighted by molar-refractivity contribution is 9.10. The van der Waals surface area contributed by atoms with Crippen LogP contribution in [0.2, 0.25) is 0 Å². The lowest BCUT2D eigenvalue weighted by Gasteiger charge is -2.25. The van der Waals surface area contributed by atoms with E-state index >= 15 is 0 Å². The van der Waals surface area contributed by atoms with Gasteiger partial charge in [-0.05, 0) is 37.1 Å². The third-order valence-corrected chi connectivity index (χ3v) is 3.39. The third kappa shape index (κ3) is 2.32. The number of rotatable bonds is 2. The van der Waals surface area contributed by atoms with Crippen molar-refractivity contribution in [3.8, 4) is 6.07 Å². The molecule has 1 atom stereocenters. The molecule has 0 amide bonds. The van der Waals surface area contributed by atoms with Crippen LogP contribution in [0.5, 0.6) is 0 Å². The molecule has 2 nitrogen and oxygen atoms in total. The van der Waals surface area contributed by atoms with Crippen LogP contribution in [-0.4, -0.2) is 12.6 Å². The normalized spacial score (nSPS) is 20.3. The van der Waals surface area contributed by atoms with E-state index in [1.165, 1.54) is 12.1 Å². The van der Waals surface area contributed by atoms with Gasteiger partial charge >= 0.3 is 0 Å². The van der Waals surface area contributed by atoms with Crippen LogP contribution in [0.3, 0.4) is 0 Å². The van der Waals surface area contributed by atoms with Crippen LogP contribution in [0.4, 0.5) is 5.69 Å². The van der Waals surface area contributed by atoms with Crippen molar-refractivity contribution in [2.45, 2.75) is 25.3 Å². The molecule has 1 saturated heterocycles. The van der Waals surface area contributed by atoms with E-state index in [0.717, 1.165) is 17.4 Å². The fourth-order valence-corrected chi connectivity index (χ4v) is 2.39. The Hall–Kier alpha value is -1.01. The minimum absolute atomic E-state index is 0.413. The number of benzene rings is 1. The summed E-state index contributed by atoms with van der Waals surface area (Å²) in [7, 11) is 0. The Kier molecular flexibility index (Phi) is 3.27. The van der Waals surface area contributed by atoms with Gasteiger partial charge in [0.2, 0.25) is 0 Å². The van der Waals surface area contributed by atoms with Gasteiger partial charge in [-0.25, -0.2) is 0 Å². The van der Waals surface area contributed by atoms with E-state index in [2.05, 4.69) is 51.2 Å². The average molecular weight is 265 g/mol. The molecule has 0 N–H and O–H groups in total. The largest absolute Gasteiger partial charge is 0.368 e. The second-order valence-corrected chi connectivity index (χ2v) is 4.74. The Bertz CT molecular complexity index is 366. The Balaban J connectivity index is 2.16. The van der Waals surface area contributed by atoms with Gasteiger partial charge in [0.1, 0.15) is 0 Å². The smallest absolute Gasteiger partial charge is 0.0643 e. The molecule has 1 aromatic rings. The first-order valence-corrected chi connectivity index (χ1v) is 6.00. The molecule has 0 aliphatic carbocycles. The topological polar surface area (TPSA) is 27.0 Å². The Morgan fingerprint density at radius 3 is 2.80 bits per heavy atom. The Labute approximate surface area is 98.6 Å². The van der Waals surface area contributed by atoms with Gasteiger partial charge in [-0.3, -0.25) is 0 Å². The van der Waals surface area contributed by atoms with Crippen LogP contribution in [0, 0.1) is 11.3 Å². The average Bonchev–Trinajstić information content (AvgIpc) is 2.68. The van der Waals surface area contributed by atoms with Gasteiger partial charge in [0, 0.05) is 22.7 Å². The van der Waals surface area contributed by atoms with Crippen molar-refractivity contribution in [1.82, 2.24) is 0 Å². The second kappa shape index (κ2) is 4.67. The zero-order valence-electron chi connectivity index (χ0n) is 8.49. The molecule has 0 saturated carbocycles. The number of hydrogen-bond donors (Lipinski definition) is 0. The highest BCUT2D eigenvalue weighted by Gasteiger charge is 2.24. The quantitative estimate of drug-likeness (QED) is 0.820. The highest BCUT2D eigenvalue weighted by Crippen LogP contribution is 2.28. The summed E-state index contributed by atoms with van der Waals surface area (Å²) in [6, 6.07) is 11.0. The second-order valence-electron chi connectivity index (χ2n) is 3.83. The molecule has 0 radical (unpaired) electrons. The molecule has 0 spiro atoms. The lowest BCUT2D eigenvalue weighted by molar-refractivity contribution is 0.683. The van der Waals surface area contributed by atoms with E-state index < -0.39 is 0 Å². The summed E-state index contributed by atoms with van der Waals surface area (Å²) >= 11 is 3.43. The van der Waals surface area contributed by atoms with Crippen LogP contribution >= 0.6 is 15.9 Å². The van der Waals surface area contributed by atoms with E-state index in [0.29, 0.717) is 12.5 Å². The summed E-state index contributed by atoms with van der Waals surface area (Å²) in [5, 5.41) is 8.75. The maximum Gasteiger partial charge on any atom is 0.0643 e. The predicted molar refractivity (Wildman–Crippen MR) is 64.7 cm³/mol. The van der Waals surface area contributed by atoms with Gasteiger partial charge in [-0.1, -0.05) is 15.9 Å². The standard InChI is InChI=1S/C12H13BrN2/c13-10-3-5-12(6-4-10)15-9-1-2-11(15)7-8-14/h3-6,11H,1-2,7,9H2/t11-/m0/s1. The summed E-state index contributed by atoms with van der Waals surface area (Å²) in [5.41, 5.74) is 1.23. The van der Waals surface area contributed by atoms with Crippen LogP contribution in [0.1, 0.15) is 19.3 Å². The molecule has 0 bridgehead atoms. The maximum atomic E-state index is 8.75. The first-order chi connectivity index (χ1) is 7.31. The minimum Gasteiger partial charge on any atom is -0.368 e. The van der Waals surface area contributed by atoms with Crippen molar-refractivity contribution in [2.75, 3.05) is 11.4 Å². The molecule has 0 unspecified atom stereocenters. The molecular formula is C12H13BrN2. The SMILES string of the molecule is N#CC[C@@H]1CCCN1c1ccc(Br)cc1. The van der Waals surface area contributed by atoms with Crippen LogP contribution in [0.15, 0.2) is 28.7 Å². The molecule has 1 fully saturated rings. The number of nitrogens with zero attached hydrogens (tertiary/aromatic N) is 2. The highest BCUT2D eigenvalue weighted by atomic mass is 79.9. The zero-order chi connectivity index (χ0) is 10.7. The van der Waals surface area contributed by atoms with E-state index in [1.54, 1.807) is 0 Å². The number of halogens is 1. The molecule has 2 rings (SSSR count). The molecule has 78 valence electrons. The van der Waals surface area contributed by atoms with Crippen molar-refractivity contribution in [3.05, 3.63) is 28.7 Å². The Morgan fingerprint density at radius 1 is 1.40 bits per heavy atom. The Morgan fingerprint density at radius 2 is 2.13 bits per heavy atom. The molecule has 1 aromatic carbocycles. The fraction of sp³-hybridized carbons (Fsp3) is 0.417. The van der Waals surface area contributed by atoms with Crippen LogP contribution in [-0.2, 0) is 0 Å². The summed E-state index contributed by atoms with van der Waals surface area (Å²) in [4.78, 5) is 2.34. The zero-order valence-corrected chi connectivity index (χ0v) is 10.1. The predicted octanol–water partition coefficient (Wildman–Crippen LogP) is 3.33. The van der Waals surface area contributed by atoms with E-state index in [-0.39, 0.29) is 0 Å². The van der Waals surface area contributed by atoms with Crippen molar-refractivity contribution >= 4 is 21.6 Å².